The highest BCUT2D eigenvalue weighted by atomic mass is 35.5. The number of pyridine rings is 1. The molecule has 2 rings (SSSR count). The van der Waals surface area contributed by atoms with Gasteiger partial charge in [-0.15, -0.1) is 0 Å². The van der Waals surface area contributed by atoms with Gasteiger partial charge in [0.05, 0.1) is 24.2 Å². The monoisotopic (exact) mass is 302 g/mol. The number of carbonyl (C=O) groups excluding carboxylic acids is 1. The maximum atomic E-state index is 11.8. The third kappa shape index (κ3) is 3.93. The van der Waals surface area contributed by atoms with Gasteiger partial charge in [-0.05, 0) is 11.6 Å². The van der Waals surface area contributed by atoms with Crippen molar-refractivity contribution in [3.63, 3.8) is 0 Å². The smallest absolute Gasteiger partial charge is 0.263 e. The molecule has 0 unspecified atom stereocenters. The van der Waals surface area contributed by atoms with E-state index in [-0.39, 0.29) is 10.9 Å². The van der Waals surface area contributed by atoms with Gasteiger partial charge in [0.1, 0.15) is 5.15 Å². The number of rotatable bonds is 4. The fraction of sp³-hybridized carbons (Fsp3) is 0.273. The summed E-state index contributed by atoms with van der Waals surface area (Å²) in [5.41, 5.74) is 0.763. The maximum absolute atomic E-state index is 11.8. The highest BCUT2D eigenvalue weighted by Gasteiger charge is 2.21. The van der Waals surface area contributed by atoms with Crippen LogP contribution in [0.15, 0.2) is 30.2 Å². The fourth-order valence-electron chi connectivity index (χ4n) is 1.51. The zero-order chi connectivity index (χ0) is 13.9. The minimum Gasteiger partial charge on any atom is -0.500 e. The SMILES string of the molecule is O=C(NS(=O)(=O)Cc1ccc(Cl)nc1)C1=COCC1. The second-order valence-corrected chi connectivity index (χ2v) is 6.05. The minimum atomic E-state index is -3.76. The number of amides is 1. The normalized spacial score (nSPS) is 14.7. The first-order valence-corrected chi connectivity index (χ1v) is 7.45. The molecule has 0 bridgehead atoms. The van der Waals surface area contributed by atoms with Crippen LogP contribution in [0.4, 0.5) is 0 Å². The average Bonchev–Trinajstić information content (AvgIpc) is 2.85. The number of hydrogen-bond donors (Lipinski definition) is 1. The Bertz CT molecular complexity index is 610. The number of aromatic nitrogens is 1. The molecule has 0 fully saturated rings. The molecule has 0 radical (unpaired) electrons. The van der Waals surface area contributed by atoms with Crippen molar-refractivity contribution in [2.24, 2.45) is 0 Å². The van der Waals surface area contributed by atoms with Crippen molar-refractivity contribution in [1.29, 1.82) is 0 Å². The van der Waals surface area contributed by atoms with E-state index in [0.717, 1.165) is 0 Å². The first-order chi connectivity index (χ1) is 8.96. The number of sulfonamides is 1. The van der Waals surface area contributed by atoms with Crippen LogP contribution in [0, 0.1) is 0 Å². The van der Waals surface area contributed by atoms with Crippen molar-refractivity contribution in [3.8, 4) is 0 Å². The molecule has 1 aromatic heterocycles. The quantitative estimate of drug-likeness (QED) is 0.838. The van der Waals surface area contributed by atoms with Crippen molar-refractivity contribution in [2.75, 3.05) is 6.61 Å². The van der Waals surface area contributed by atoms with Crippen molar-refractivity contribution < 1.29 is 17.9 Å². The third-order valence-corrected chi connectivity index (χ3v) is 3.83. The first kappa shape index (κ1) is 13.8. The Hall–Kier alpha value is -1.60. The zero-order valence-electron chi connectivity index (χ0n) is 9.80. The first-order valence-electron chi connectivity index (χ1n) is 5.42. The van der Waals surface area contributed by atoms with Crippen LogP contribution in [0.25, 0.3) is 0 Å². The van der Waals surface area contributed by atoms with Crippen LogP contribution < -0.4 is 4.72 Å². The largest absolute Gasteiger partial charge is 0.500 e. The molecule has 0 atom stereocenters. The Kier molecular flexibility index (Phi) is 4.06. The van der Waals surface area contributed by atoms with Gasteiger partial charge in [0.25, 0.3) is 5.91 Å². The lowest BCUT2D eigenvalue weighted by Crippen LogP contribution is -2.32. The Morgan fingerprint density at radius 3 is 2.84 bits per heavy atom. The molecule has 6 nitrogen and oxygen atoms in total. The van der Waals surface area contributed by atoms with E-state index in [1.807, 2.05) is 4.72 Å². The molecule has 19 heavy (non-hydrogen) atoms. The summed E-state index contributed by atoms with van der Waals surface area (Å²) in [6.07, 6.45) is 3.03. The molecular weight excluding hydrogens is 292 g/mol. The molecule has 102 valence electrons. The van der Waals surface area contributed by atoms with Crippen LogP contribution >= 0.6 is 11.6 Å². The fourth-order valence-corrected chi connectivity index (χ4v) is 2.72. The molecule has 0 saturated carbocycles. The van der Waals surface area contributed by atoms with E-state index in [1.54, 1.807) is 0 Å². The Labute approximate surface area is 115 Å². The van der Waals surface area contributed by atoms with Gasteiger partial charge in [-0.2, -0.15) is 0 Å². The molecule has 0 spiro atoms. The Balaban J connectivity index is 2.02. The highest BCUT2D eigenvalue weighted by molar-refractivity contribution is 7.89. The number of halogens is 1. The predicted molar refractivity (Wildman–Crippen MR) is 68.7 cm³/mol. The van der Waals surface area contributed by atoms with Gasteiger partial charge < -0.3 is 4.74 Å². The summed E-state index contributed by atoms with van der Waals surface area (Å²) in [6.45, 7) is 0.393. The van der Waals surface area contributed by atoms with Crippen molar-refractivity contribution >= 4 is 27.5 Å². The maximum Gasteiger partial charge on any atom is 0.263 e. The number of hydrogen-bond acceptors (Lipinski definition) is 5. The molecule has 1 N–H and O–H groups in total. The van der Waals surface area contributed by atoms with Gasteiger partial charge in [-0.3, -0.25) is 4.79 Å². The van der Waals surface area contributed by atoms with Gasteiger partial charge in [0.15, 0.2) is 0 Å². The summed E-state index contributed by atoms with van der Waals surface area (Å²) in [4.78, 5) is 15.4. The van der Waals surface area contributed by atoms with E-state index >= 15 is 0 Å². The van der Waals surface area contributed by atoms with Crippen LogP contribution in [0.1, 0.15) is 12.0 Å². The van der Waals surface area contributed by atoms with Crippen LogP contribution in [0.3, 0.4) is 0 Å². The summed E-state index contributed by atoms with van der Waals surface area (Å²) in [5.74, 6) is -0.990. The van der Waals surface area contributed by atoms with E-state index in [9.17, 15) is 13.2 Å². The van der Waals surface area contributed by atoms with Crippen molar-refractivity contribution in [3.05, 3.63) is 40.9 Å². The summed E-state index contributed by atoms with van der Waals surface area (Å²) in [5, 5.41) is 0.276. The van der Waals surface area contributed by atoms with Crippen LogP contribution in [0.2, 0.25) is 5.15 Å². The van der Waals surface area contributed by atoms with Crippen molar-refractivity contribution in [2.45, 2.75) is 12.2 Å². The summed E-state index contributed by atoms with van der Waals surface area (Å²) in [6, 6.07) is 3.03. The molecule has 1 aliphatic rings. The molecule has 8 heteroatoms. The molecule has 0 saturated heterocycles. The Morgan fingerprint density at radius 1 is 1.47 bits per heavy atom. The highest BCUT2D eigenvalue weighted by Crippen LogP contribution is 2.12. The van der Waals surface area contributed by atoms with E-state index in [0.29, 0.717) is 24.2 Å². The number of ether oxygens (including phenoxy) is 1. The number of nitrogens with one attached hydrogen (secondary N) is 1. The third-order valence-electron chi connectivity index (χ3n) is 2.40. The average molecular weight is 303 g/mol. The summed E-state index contributed by atoms with van der Waals surface area (Å²) in [7, 11) is -3.76. The molecule has 2 heterocycles. The van der Waals surface area contributed by atoms with Crippen molar-refractivity contribution in [1.82, 2.24) is 9.71 Å². The molecule has 0 aliphatic carbocycles. The van der Waals surface area contributed by atoms with E-state index in [1.165, 1.54) is 24.6 Å². The van der Waals surface area contributed by atoms with Gasteiger partial charge >= 0.3 is 0 Å². The molecule has 0 aromatic carbocycles. The predicted octanol–water partition coefficient (Wildman–Crippen LogP) is 0.985. The van der Waals surface area contributed by atoms with E-state index in [2.05, 4.69) is 4.98 Å². The lowest BCUT2D eigenvalue weighted by atomic mass is 10.2. The molecule has 1 aromatic rings. The van der Waals surface area contributed by atoms with Gasteiger partial charge in [-0.1, -0.05) is 17.7 Å². The standard InChI is InChI=1S/C11H11ClN2O4S/c12-10-2-1-8(5-13-10)7-19(16,17)14-11(15)9-3-4-18-6-9/h1-2,5-6H,3-4,7H2,(H,14,15). The Morgan fingerprint density at radius 2 is 2.26 bits per heavy atom. The number of nitrogens with zero attached hydrogens (tertiary/aromatic N) is 1. The van der Waals surface area contributed by atoms with Crippen LogP contribution in [0.5, 0.6) is 0 Å². The van der Waals surface area contributed by atoms with Gasteiger partial charge in [0.2, 0.25) is 10.0 Å². The molecule has 1 aliphatic heterocycles. The topological polar surface area (TPSA) is 85.4 Å². The van der Waals surface area contributed by atoms with Crippen LogP contribution in [-0.2, 0) is 25.3 Å². The summed E-state index contributed by atoms with van der Waals surface area (Å²) >= 11 is 5.60. The van der Waals surface area contributed by atoms with E-state index < -0.39 is 15.9 Å². The molecular formula is C11H11ClN2O4S. The van der Waals surface area contributed by atoms with Gasteiger partial charge in [-0.25, -0.2) is 18.1 Å². The van der Waals surface area contributed by atoms with Crippen LogP contribution in [-0.4, -0.2) is 25.9 Å². The second-order valence-electron chi connectivity index (χ2n) is 3.94. The summed E-state index contributed by atoms with van der Waals surface area (Å²) < 4.78 is 30.4. The lowest BCUT2D eigenvalue weighted by Gasteiger charge is -2.06. The zero-order valence-corrected chi connectivity index (χ0v) is 11.4. The number of carbonyl (C=O) groups is 1. The second kappa shape index (κ2) is 5.58. The minimum absolute atomic E-state index is 0.276. The van der Waals surface area contributed by atoms with E-state index in [4.69, 9.17) is 16.3 Å². The van der Waals surface area contributed by atoms with Gasteiger partial charge in [0, 0.05) is 12.6 Å². The molecule has 1 amide bonds. The lowest BCUT2D eigenvalue weighted by molar-refractivity contribution is -0.115.